The lowest BCUT2D eigenvalue weighted by Gasteiger charge is -2.38. The van der Waals surface area contributed by atoms with Crippen LogP contribution in [0.4, 0.5) is 11.6 Å². The Bertz CT molecular complexity index is 2680. The van der Waals surface area contributed by atoms with Gasteiger partial charge in [0, 0.05) is 80.5 Å². The number of benzene rings is 1. The number of pyridine rings is 1. The molecule has 73 heavy (non-hydrogen) atoms. The van der Waals surface area contributed by atoms with Gasteiger partial charge in [0.2, 0.25) is 17.7 Å². The number of carbonyl (C=O) groups is 3. The van der Waals surface area contributed by atoms with E-state index in [4.69, 9.17) is 17.3 Å². The fourth-order valence-electron chi connectivity index (χ4n) is 10.6. The molecule has 5 N–H and O–H groups in total. The monoisotopic (exact) mass is 1050 g/mol. The maximum absolute atomic E-state index is 14.4. The van der Waals surface area contributed by atoms with Gasteiger partial charge in [0.05, 0.1) is 51.3 Å². The zero-order valence-corrected chi connectivity index (χ0v) is 44.9. The Morgan fingerprint density at radius 1 is 0.959 bits per heavy atom. The average Bonchev–Trinajstić information content (AvgIpc) is 4.13. The van der Waals surface area contributed by atoms with Gasteiger partial charge in [-0.25, -0.2) is 24.6 Å². The molecule has 4 fully saturated rings. The molecule has 18 nitrogen and oxygen atoms in total. The van der Waals surface area contributed by atoms with E-state index in [0.29, 0.717) is 42.6 Å². The van der Waals surface area contributed by atoms with E-state index in [1.54, 1.807) is 34.6 Å². The summed E-state index contributed by atoms with van der Waals surface area (Å²) in [5.74, 6) is 0.957. The van der Waals surface area contributed by atoms with E-state index >= 15 is 0 Å². The van der Waals surface area contributed by atoms with Crippen LogP contribution in [0.25, 0.3) is 10.4 Å². The number of halogens is 1. The van der Waals surface area contributed by atoms with E-state index in [1.165, 1.54) is 16.7 Å². The second-order valence-electron chi connectivity index (χ2n) is 21.0. The SMILES string of the molecule is Cc1cn([C@H](C(=O)N2C[C@H](O)C[C@H]2C(=O)N[C@@H](CCN2CCC(C(=O)N3CCC(Nc4nccc(Sc5cnc(N6CCC(C)(N)CC6)cn5)c4Cl)CC3)CC2)c2ccc(-c3scnc3C)cc2)C(C)C)nn1. The van der Waals surface area contributed by atoms with Crippen LogP contribution >= 0.6 is 34.7 Å². The minimum atomic E-state index is -0.845. The Morgan fingerprint density at radius 2 is 1.70 bits per heavy atom. The second-order valence-corrected chi connectivity index (χ2v) is 23.2. The normalized spacial score (nSPS) is 20.9. The average molecular weight is 1050 g/mol. The van der Waals surface area contributed by atoms with Gasteiger partial charge in [0.1, 0.15) is 28.7 Å². The number of aliphatic hydroxyl groups is 1. The summed E-state index contributed by atoms with van der Waals surface area (Å²) in [6.45, 7) is 15.2. The van der Waals surface area contributed by atoms with Gasteiger partial charge in [-0.1, -0.05) is 66.7 Å². The number of piperidine rings is 3. The summed E-state index contributed by atoms with van der Waals surface area (Å²) in [7, 11) is 0. The third-order valence-corrected chi connectivity index (χ3v) is 17.5. The third kappa shape index (κ3) is 12.6. The van der Waals surface area contributed by atoms with Crippen molar-refractivity contribution in [1.29, 1.82) is 0 Å². The van der Waals surface area contributed by atoms with Crippen LogP contribution in [-0.4, -0.2) is 149 Å². The molecule has 0 radical (unpaired) electrons. The van der Waals surface area contributed by atoms with Gasteiger partial charge in [0.25, 0.3) is 0 Å². The molecule has 4 aliphatic rings. The van der Waals surface area contributed by atoms with E-state index in [-0.39, 0.29) is 60.1 Å². The van der Waals surface area contributed by atoms with Crippen molar-refractivity contribution < 1.29 is 19.5 Å². The van der Waals surface area contributed by atoms with Gasteiger partial charge in [0.15, 0.2) is 0 Å². The Morgan fingerprint density at radius 3 is 2.34 bits per heavy atom. The summed E-state index contributed by atoms with van der Waals surface area (Å²) in [6.07, 6.45) is 12.0. The van der Waals surface area contributed by atoms with Crippen molar-refractivity contribution in [2.75, 3.05) is 62.6 Å². The number of likely N-dealkylation sites (tertiary alicyclic amines) is 3. The van der Waals surface area contributed by atoms with E-state index in [0.717, 1.165) is 102 Å². The summed E-state index contributed by atoms with van der Waals surface area (Å²) in [5.41, 5.74) is 11.7. The zero-order valence-electron chi connectivity index (χ0n) is 42.5. The third-order valence-electron chi connectivity index (χ3n) is 15.0. The fourth-order valence-corrected chi connectivity index (χ4v) is 12.5. The number of amides is 3. The molecule has 0 aliphatic carbocycles. The maximum atomic E-state index is 14.4. The number of nitrogens with zero attached hydrogens (tertiary/aromatic N) is 11. The molecular weight excluding hydrogens is 984 g/mol. The largest absolute Gasteiger partial charge is 0.391 e. The molecule has 0 bridgehead atoms. The van der Waals surface area contributed by atoms with Crippen LogP contribution in [-0.2, 0) is 14.4 Å². The topological polar surface area (TPSA) is 217 Å². The number of aryl methyl sites for hydroxylation is 2. The second kappa shape index (κ2) is 23.1. The summed E-state index contributed by atoms with van der Waals surface area (Å²) in [6, 6.07) is 8.40. The predicted molar refractivity (Wildman–Crippen MR) is 284 cm³/mol. The molecule has 0 spiro atoms. The first-order valence-corrected chi connectivity index (χ1v) is 27.8. The van der Waals surface area contributed by atoms with Crippen LogP contribution in [0.5, 0.6) is 0 Å². The lowest BCUT2D eigenvalue weighted by atomic mass is 9.91. The van der Waals surface area contributed by atoms with Crippen LogP contribution in [0.15, 0.2) is 70.6 Å². The van der Waals surface area contributed by atoms with E-state index in [2.05, 4.69) is 81.9 Å². The molecule has 4 saturated heterocycles. The van der Waals surface area contributed by atoms with E-state index in [1.807, 2.05) is 50.4 Å². The number of rotatable bonds is 16. The molecule has 4 aromatic heterocycles. The van der Waals surface area contributed by atoms with Crippen LogP contribution in [0.2, 0.25) is 5.02 Å². The van der Waals surface area contributed by atoms with Gasteiger partial charge in [-0.05, 0) is 102 Å². The molecule has 390 valence electrons. The number of β-amino-alcohol motifs (C(OH)–C–C–N with tert-alkyl or cyclic N) is 1. The minimum Gasteiger partial charge on any atom is -0.391 e. The minimum absolute atomic E-state index is 0.0454. The number of nitrogens with two attached hydrogens (primary N) is 1. The highest BCUT2D eigenvalue weighted by Gasteiger charge is 2.43. The molecule has 3 amide bonds. The van der Waals surface area contributed by atoms with Crippen molar-refractivity contribution in [1.82, 2.24) is 54.9 Å². The number of carbonyl (C=O) groups excluding carboxylic acids is 3. The molecule has 0 saturated carbocycles. The Labute approximate surface area is 441 Å². The van der Waals surface area contributed by atoms with Gasteiger partial charge < -0.3 is 41.1 Å². The van der Waals surface area contributed by atoms with Crippen molar-refractivity contribution in [3.05, 3.63) is 82.6 Å². The quantitative estimate of drug-likeness (QED) is 0.0825. The van der Waals surface area contributed by atoms with Gasteiger partial charge in [-0.2, -0.15) is 0 Å². The molecular formula is C52H69ClN14O4S2. The van der Waals surface area contributed by atoms with Crippen LogP contribution < -0.4 is 21.3 Å². The van der Waals surface area contributed by atoms with E-state index in [9.17, 15) is 19.5 Å². The van der Waals surface area contributed by atoms with Crippen LogP contribution in [0.1, 0.15) is 101 Å². The smallest absolute Gasteiger partial charge is 0.248 e. The maximum Gasteiger partial charge on any atom is 0.248 e. The number of aromatic nitrogens is 7. The number of thiazole rings is 1. The van der Waals surface area contributed by atoms with Gasteiger partial charge in [-0.3, -0.25) is 14.4 Å². The first kappa shape index (κ1) is 52.6. The Balaban J connectivity index is 0.772. The van der Waals surface area contributed by atoms with Crippen molar-refractivity contribution >= 4 is 64.1 Å². The van der Waals surface area contributed by atoms with Gasteiger partial charge in [-0.15, -0.1) is 16.4 Å². The lowest BCUT2D eigenvalue weighted by molar-refractivity contribution is -0.142. The number of hydrogen-bond acceptors (Lipinski definition) is 16. The van der Waals surface area contributed by atoms with E-state index < -0.39 is 18.2 Å². The highest BCUT2D eigenvalue weighted by Crippen LogP contribution is 2.37. The summed E-state index contributed by atoms with van der Waals surface area (Å²) >= 11 is 9.98. The van der Waals surface area contributed by atoms with Crippen molar-refractivity contribution in [3.8, 4) is 10.4 Å². The molecule has 4 atom stereocenters. The summed E-state index contributed by atoms with van der Waals surface area (Å²) in [5, 5.41) is 27.3. The highest BCUT2D eigenvalue weighted by atomic mass is 35.5. The Hall–Kier alpha value is -5.25. The van der Waals surface area contributed by atoms with Crippen LogP contribution in [0, 0.1) is 25.7 Å². The highest BCUT2D eigenvalue weighted by molar-refractivity contribution is 7.99. The molecule has 4 aliphatic heterocycles. The number of hydrogen-bond donors (Lipinski definition) is 4. The molecule has 5 aromatic rings. The standard InChI is InChI=1S/C52H69ClN14O4S2/c1-32(2)46(67-29-33(3)61-62-67)51(71)66-30-39(68)26-41(66)49(69)60-40(35-6-8-36(9-7-35)47-34(4)58-31-72-47)15-21-63-19-11-37(12-20-63)50(70)65-22-13-38(14-23-65)59-48-45(53)42(10-18-55-48)73-44-28-56-43(27-57-44)64-24-16-52(5,54)17-25-64/h6-10,18,27-29,31-32,37-41,46,68H,11-17,19-26,30,54H2,1-5H3,(H,55,59)(H,60,69)/t39-,40+,41+,46+/m1/s1. The molecule has 8 heterocycles. The molecule has 1 aromatic carbocycles. The molecule has 9 rings (SSSR count). The summed E-state index contributed by atoms with van der Waals surface area (Å²) in [4.78, 5) is 71.0. The van der Waals surface area contributed by atoms with Crippen LogP contribution in [0.3, 0.4) is 0 Å². The fraction of sp³-hybridized carbons (Fsp3) is 0.558. The molecule has 0 unspecified atom stereocenters. The van der Waals surface area contributed by atoms with Gasteiger partial charge >= 0.3 is 0 Å². The molecule has 21 heteroatoms. The first-order chi connectivity index (χ1) is 35.1. The zero-order chi connectivity index (χ0) is 51.4. The summed E-state index contributed by atoms with van der Waals surface area (Å²) < 4.78 is 1.56. The van der Waals surface area contributed by atoms with Crippen molar-refractivity contribution in [2.45, 2.75) is 132 Å². The number of aliphatic hydroxyl groups excluding tert-OH is 1. The Kier molecular flexibility index (Phi) is 16.7. The number of nitrogens with one attached hydrogen (secondary N) is 2. The van der Waals surface area contributed by atoms with Crippen molar-refractivity contribution in [3.63, 3.8) is 0 Å². The first-order valence-electron chi connectivity index (χ1n) is 25.7. The lowest BCUT2D eigenvalue weighted by Crippen LogP contribution is -2.50. The van der Waals surface area contributed by atoms with Crippen molar-refractivity contribution in [2.24, 2.45) is 17.6 Å². The number of anilines is 2. The predicted octanol–water partition coefficient (Wildman–Crippen LogP) is 6.55.